The van der Waals surface area contributed by atoms with E-state index < -0.39 is 0 Å². The van der Waals surface area contributed by atoms with Crippen LogP contribution in [-0.4, -0.2) is 24.5 Å². The lowest BCUT2D eigenvalue weighted by Crippen LogP contribution is -2.48. The van der Waals surface area contributed by atoms with Gasteiger partial charge in [0.25, 0.3) is 0 Å². The van der Waals surface area contributed by atoms with Gasteiger partial charge in [0.15, 0.2) is 0 Å². The number of amides is 1. The Labute approximate surface area is 111 Å². The van der Waals surface area contributed by atoms with Crippen LogP contribution in [0, 0.1) is 11.8 Å². The molecule has 104 valence electrons. The molecular weight excluding hydrogens is 224 g/mol. The zero-order valence-corrected chi connectivity index (χ0v) is 11.9. The lowest BCUT2D eigenvalue weighted by molar-refractivity contribution is -0.126. The number of rotatable bonds is 2. The van der Waals surface area contributed by atoms with Crippen molar-refractivity contribution < 1.29 is 4.79 Å². The molecule has 0 aromatic rings. The van der Waals surface area contributed by atoms with Crippen LogP contribution in [-0.2, 0) is 4.79 Å². The molecule has 0 bridgehead atoms. The van der Waals surface area contributed by atoms with E-state index in [9.17, 15) is 4.79 Å². The minimum Gasteiger partial charge on any atom is -0.353 e. The maximum atomic E-state index is 12.3. The van der Waals surface area contributed by atoms with E-state index in [1.807, 2.05) is 0 Å². The third-order valence-corrected chi connectivity index (χ3v) is 4.72. The summed E-state index contributed by atoms with van der Waals surface area (Å²) >= 11 is 0. The fourth-order valence-electron chi connectivity index (χ4n) is 3.23. The van der Waals surface area contributed by atoms with Crippen molar-refractivity contribution in [2.75, 3.05) is 6.54 Å². The first-order chi connectivity index (χ1) is 8.66. The van der Waals surface area contributed by atoms with Crippen LogP contribution in [0.4, 0.5) is 0 Å². The molecule has 0 spiro atoms. The van der Waals surface area contributed by atoms with Crippen molar-refractivity contribution in [3.8, 4) is 0 Å². The predicted octanol–water partition coefficient (Wildman–Crippen LogP) is 2.46. The second kappa shape index (κ2) is 6.55. The van der Waals surface area contributed by atoms with Gasteiger partial charge in [0, 0.05) is 18.6 Å². The summed E-state index contributed by atoms with van der Waals surface area (Å²) in [7, 11) is 0. The molecule has 1 saturated carbocycles. The normalized spacial score (nSPS) is 37.9. The fraction of sp³-hybridized carbons (Fsp3) is 0.933. The summed E-state index contributed by atoms with van der Waals surface area (Å²) in [6.45, 7) is 5.34. The molecule has 2 rings (SSSR count). The largest absolute Gasteiger partial charge is 0.353 e. The van der Waals surface area contributed by atoms with E-state index in [2.05, 4.69) is 24.5 Å². The highest BCUT2D eigenvalue weighted by atomic mass is 16.2. The van der Waals surface area contributed by atoms with Crippen molar-refractivity contribution in [2.45, 2.75) is 70.9 Å². The molecule has 0 aromatic carbocycles. The highest BCUT2D eigenvalue weighted by molar-refractivity contribution is 5.79. The molecule has 2 aliphatic rings. The molecule has 1 heterocycles. The second-order valence-electron chi connectivity index (χ2n) is 6.31. The minimum atomic E-state index is 0.191. The van der Waals surface area contributed by atoms with Crippen LogP contribution in [0.15, 0.2) is 0 Å². The van der Waals surface area contributed by atoms with Crippen LogP contribution in [0.5, 0.6) is 0 Å². The van der Waals surface area contributed by atoms with Crippen molar-refractivity contribution >= 4 is 5.91 Å². The molecule has 1 aliphatic carbocycles. The van der Waals surface area contributed by atoms with Gasteiger partial charge < -0.3 is 10.6 Å². The monoisotopic (exact) mass is 252 g/mol. The van der Waals surface area contributed by atoms with Gasteiger partial charge in [-0.3, -0.25) is 4.79 Å². The van der Waals surface area contributed by atoms with Gasteiger partial charge in [-0.1, -0.05) is 26.2 Å². The molecule has 1 saturated heterocycles. The molecule has 0 aromatic heterocycles. The Morgan fingerprint density at radius 3 is 2.56 bits per heavy atom. The zero-order valence-electron chi connectivity index (χ0n) is 11.9. The molecule has 4 atom stereocenters. The van der Waals surface area contributed by atoms with Gasteiger partial charge in [0.2, 0.25) is 5.91 Å². The quantitative estimate of drug-likeness (QED) is 0.741. The first kappa shape index (κ1) is 13.9. The van der Waals surface area contributed by atoms with Gasteiger partial charge >= 0.3 is 0 Å². The zero-order chi connectivity index (χ0) is 13.0. The van der Waals surface area contributed by atoms with E-state index in [1.54, 1.807) is 0 Å². The van der Waals surface area contributed by atoms with Gasteiger partial charge in [0.05, 0.1) is 5.92 Å². The molecule has 2 fully saturated rings. The van der Waals surface area contributed by atoms with E-state index in [1.165, 1.54) is 32.1 Å². The molecule has 4 unspecified atom stereocenters. The maximum Gasteiger partial charge on any atom is 0.224 e. The molecule has 1 aliphatic heterocycles. The molecular formula is C15H28N2O. The Balaban J connectivity index is 1.82. The van der Waals surface area contributed by atoms with Crippen LogP contribution in [0.25, 0.3) is 0 Å². The summed E-state index contributed by atoms with van der Waals surface area (Å²) in [6.07, 6.45) is 8.54. The first-order valence-electron chi connectivity index (χ1n) is 7.70. The van der Waals surface area contributed by atoms with Crippen LogP contribution in [0.1, 0.15) is 58.8 Å². The van der Waals surface area contributed by atoms with Gasteiger partial charge in [-0.2, -0.15) is 0 Å². The average Bonchev–Trinajstić information content (AvgIpc) is 2.56. The number of piperidine rings is 1. The number of hydrogen-bond donors (Lipinski definition) is 2. The predicted molar refractivity (Wildman–Crippen MR) is 74.4 cm³/mol. The Bertz CT molecular complexity index is 272. The van der Waals surface area contributed by atoms with Crippen molar-refractivity contribution in [1.82, 2.24) is 10.6 Å². The highest BCUT2D eigenvalue weighted by Gasteiger charge is 2.27. The Kier molecular flexibility index (Phi) is 5.04. The lowest BCUT2D eigenvalue weighted by atomic mass is 9.92. The summed E-state index contributed by atoms with van der Waals surface area (Å²) in [6, 6.07) is 0.991. The smallest absolute Gasteiger partial charge is 0.224 e. The van der Waals surface area contributed by atoms with Crippen LogP contribution < -0.4 is 10.6 Å². The molecule has 2 N–H and O–H groups in total. The average molecular weight is 252 g/mol. The Morgan fingerprint density at radius 1 is 1.06 bits per heavy atom. The van der Waals surface area contributed by atoms with Crippen molar-refractivity contribution in [3.63, 3.8) is 0 Å². The number of nitrogens with one attached hydrogen (secondary N) is 2. The molecule has 18 heavy (non-hydrogen) atoms. The van der Waals surface area contributed by atoms with E-state index in [0.29, 0.717) is 18.0 Å². The van der Waals surface area contributed by atoms with Gasteiger partial charge in [-0.05, 0) is 38.5 Å². The summed E-state index contributed by atoms with van der Waals surface area (Å²) in [5.74, 6) is 1.12. The van der Waals surface area contributed by atoms with Crippen molar-refractivity contribution in [3.05, 3.63) is 0 Å². The van der Waals surface area contributed by atoms with Crippen molar-refractivity contribution in [1.29, 1.82) is 0 Å². The number of hydrogen-bond acceptors (Lipinski definition) is 2. The van der Waals surface area contributed by atoms with E-state index in [4.69, 9.17) is 0 Å². The minimum absolute atomic E-state index is 0.191. The van der Waals surface area contributed by atoms with E-state index in [-0.39, 0.29) is 11.8 Å². The standard InChI is InChI=1S/C15H28N2O/c1-11-6-4-3-5-7-14(11)17-15(18)13-9-8-12(2)16-10-13/h11-14,16H,3-10H2,1-2H3,(H,17,18). The van der Waals surface area contributed by atoms with E-state index in [0.717, 1.165) is 19.4 Å². The van der Waals surface area contributed by atoms with Gasteiger partial charge in [-0.25, -0.2) is 0 Å². The topological polar surface area (TPSA) is 41.1 Å². The molecule has 1 amide bonds. The van der Waals surface area contributed by atoms with Gasteiger partial charge in [0.1, 0.15) is 0 Å². The fourth-order valence-corrected chi connectivity index (χ4v) is 3.23. The Morgan fingerprint density at radius 2 is 1.83 bits per heavy atom. The molecule has 3 heteroatoms. The SMILES string of the molecule is CC1CCC(C(=O)NC2CCCCCC2C)CN1. The van der Waals surface area contributed by atoms with Gasteiger partial charge in [-0.15, -0.1) is 0 Å². The first-order valence-corrected chi connectivity index (χ1v) is 7.70. The highest BCUT2D eigenvalue weighted by Crippen LogP contribution is 2.24. The Hall–Kier alpha value is -0.570. The lowest BCUT2D eigenvalue weighted by Gasteiger charge is -2.30. The van der Waals surface area contributed by atoms with Crippen LogP contribution in [0.3, 0.4) is 0 Å². The summed E-state index contributed by atoms with van der Waals surface area (Å²) < 4.78 is 0. The van der Waals surface area contributed by atoms with Crippen LogP contribution >= 0.6 is 0 Å². The number of carbonyl (C=O) groups excluding carboxylic acids is 1. The van der Waals surface area contributed by atoms with Crippen LogP contribution in [0.2, 0.25) is 0 Å². The van der Waals surface area contributed by atoms with Crippen molar-refractivity contribution in [2.24, 2.45) is 11.8 Å². The summed E-state index contributed by atoms with van der Waals surface area (Å²) in [4.78, 5) is 12.3. The van der Waals surface area contributed by atoms with E-state index >= 15 is 0 Å². The molecule has 3 nitrogen and oxygen atoms in total. The third kappa shape index (κ3) is 3.71. The summed E-state index contributed by atoms with van der Waals surface area (Å²) in [5, 5.41) is 6.73. The molecule has 0 radical (unpaired) electrons. The second-order valence-corrected chi connectivity index (χ2v) is 6.31. The maximum absolute atomic E-state index is 12.3. The number of carbonyl (C=O) groups is 1. The third-order valence-electron chi connectivity index (χ3n) is 4.72. The summed E-state index contributed by atoms with van der Waals surface area (Å²) in [5.41, 5.74) is 0.